The van der Waals surface area contributed by atoms with Crippen LogP contribution >= 0.6 is 0 Å². The van der Waals surface area contributed by atoms with Gasteiger partial charge >= 0.3 is 0 Å². The van der Waals surface area contributed by atoms with Crippen molar-refractivity contribution in [3.05, 3.63) is 59.7 Å². The summed E-state index contributed by atoms with van der Waals surface area (Å²) in [6, 6.07) is 14.8. The van der Waals surface area contributed by atoms with Crippen LogP contribution in [0.2, 0.25) is 0 Å². The average Bonchev–Trinajstić information content (AvgIpc) is 2.71. The molecule has 0 aliphatic carbocycles. The largest absolute Gasteiger partial charge is 0.497 e. The summed E-state index contributed by atoms with van der Waals surface area (Å²) in [5.74, 6) is 1.09. The van der Waals surface area contributed by atoms with Gasteiger partial charge in [-0.15, -0.1) is 0 Å². The monoisotopic (exact) mass is 370 g/mol. The lowest BCUT2D eigenvalue weighted by Crippen LogP contribution is -2.44. The number of nitrogens with one attached hydrogen (secondary N) is 2. The molecule has 0 heterocycles. The minimum absolute atomic E-state index is 0.155. The van der Waals surface area contributed by atoms with Gasteiger partial charge in [0.2, 0.25) is 5.91 Å². The van der Waals surface area contributed by atoms with Gasteiger partial charge in [0.05, 0.1) is 13.5 Å². The Bertz CT molecular complexity index is 742. The molecule has 1 atom stereocenters. The number of hydrogen-bond donors (Lipinski definition) is 2. The lowest BCUT2D eigenvalue weighted by atomic mass is 9.99. The number of carbonyl (C=O) groups excluding carboxylic acids is 2. The van der Waals surface area contributed by atoms with E-state index in [0.29, 0.717) is 11.7 Å². The van der Waals surface area contributed by atoms with E-state index in [0.717, 1.165) is 17.7 Å². The zero-order valence-electron chi connectivity index (χ0n) is 16.0. The first-order valence-electron chi connectivity index (χ1n) is 8.95. The number of methoxy groups -OCH3 is 1. The first-order valence-corrected chi connectivity index (χ1v) is 8.95. The van der Waals surface area contributed by atoms with Gasteiger partial charge in [-0.3, -0.25) is 20.4 Å². The van der Waals surface area contributed by atoms with E-state index >= 15 is 0 Å². The Morgan fingerprint density at radius 2 is 1.52 bits per heavy atom. The zero-order valence-corrected chi connectivity index (χ0v) is 16.0. The molecule has 2 aromatic carbocycles. The molecule has 1 unspecified atom stereocenters. The number of carbonyl (C=O) groups is 2. The molecule has 0 aliphatic heterocycles. The van der Waals surface area contributed by atoms with Crippen molar-refractivity contribution < 1.29 is 19.1 Å². The highest BCUT2D eigenvalue weighted by Gasteiger charge is 2.08. The Labute approximate surface area is 159 Å². The predicted octanol–water partition coefficient (Wildman–Crippen LogP) is 2.98. The summed E-state index contributed by atoms with van der Waals surface area (Å²) in [5.41, 5.74) is 6.78. The Kier molecular flexibility index (Phi) is 7.67. The highest BCUT2D eigenvalue weighted by atomic mass is 16.5. The molecule has 6 nitrogen and oxygen atoms in total. The maximum Gasteiger partial charge on any atom is 0.276 e. The molecule has 0 radical (unpaired) electrons. The molecule has 0 saturated carbocycles. The van der Waals surface area contributed by atoms with E-state index in [1.54, 1.807) is 31.4 Å². The molecule has 0 bridgehead atoms. The summed E-state index contributed by atoms with van der Waals surface area (Å²) in [4.78, 5) is 23.7. The van der Waals surface area contributed by atoms with Gasteiger partial charge in [0, 0.05) is 0 Å². The van der Waals surface area contributed by atoms with Crippen LogP contribution in [0.25, 0.3) is 0 Å². The van der Waals surface area contributed by atoms with Crippen molar-refractivity contribution in [2.75, 3.05) is 13.7 Å². The van der Waals surface area contributed by atoms with E-state index in [4.69, 9.17) is 9.47 Å². The minimum atomic E-state index is -0.427. The molecule has 2 N–H and O–H groups in total. The third-order valence-corrected chi connectivity index (χ3v) is 4.30. The molecule has 144 valence electrons. The summed E-state index contributed by atoms with van der Waals surface area (Å²) in [6.07, 6.45) is 1.22. The average molecular weight is 370 g/mol. The third-order valence-electron chi connectivity index (χ3n) is 4.30. The smallest absolute Gasteiger partial charge is 0.276 e. The first-order chi connectivity index (χ1) is 13.0. The fourth-order valence-corrected chi connectivity index (χ4v) is 2.43. The van der Waals surface area contributed by atoms with Gasteiger partial charge in [-0.05, 0) is 47.7 Å². The van der Waals surface area contributed by atoms with Gasteiger partial charge in [0.15, 0.2) is 6.61 Å². The Morgan fingerprint density at radius 1 is 0.926 bits per heavy atom. The normalized spacial score (nSPS) is 11.4. The van der Waals surface area contributed by atoms with E-state index in [1.165, 1.54) is 5.56 Å². The molecule has 0 spiro atoms. The fraction of sp³-hybridized carbons (Fsp3) is 0.333. The van der Waals surface area contributed by atoms with E-state index in [1.807, 2.05) is 24.3 Å². The van der Waals surface area contributed by atoms with E-state index in [9.17, 15) is 9.59 Å². The maximum absolute atomic E-state index is 11.9. The van der Waals surface area contributed by atoms with Crippen LogP contribution in [-0.4, -0.2) is 25.5 Å². The number of hydrazine groups is 1. The van der Waals surface area contributed by atoms with Crippen molar-refractivity contribution in [2.24, 2.45) is 0 Å². The summed E-state index contributed by atoms with van der Waals surface area (Å²) in [6.45, 7) is 4.13. The molecule has 0 aromatic heterocycles. The maximum atomic E-state index is 11.9. The molecule has 2 aromatic rings. The molecule has 27 heavy (non-hydrogen) atoms. The first kappa shape index (κ1) is 20.3. The standard InChI is InChI=1S/C21H26N2O4/c1-4-15(2)17-7-11-19(12-8-17)27-14-21(25)23-22-20(24)13-16-5-9-18(26-3)10-6-16/h5-12,15H,4,13-14H2,1-3H3,(H,22,24)(H,23,25). The third kappa shape index (κ3) is 6.66. The highest BCUT2D eigenvalue weighted by molar-refractivity contribution is 5.83. The van der Waals surface area contributed by atoms with Gasteiger partial charge in [0.1, 0.15) is 11.5 Å². The van der Waals surface area contributed by atoms with Crippen molar-refractivity contribution in [2.45, 2.75) is 32.6 Å². The Hall–Kier alpha value is -3.02. The second-order valence-corrected chi connectivity index (χ2v) is 6.29. The van der Waals surface area contributed by atoms with Crippen LogP contribution in [0, 0.1) is 0 Å². The van der Waals surface area contributed by atoms with E-state index in [2.05, 4.69) is 24.7 Å². The number of hydrogen-bond acceptors (Lipinski definition) is 4. The summed E-state index contributed by atoms with van der Waals surface area (Å²) in [5, 5.41) is 0. The van der Waals surface area contributed by atoms with Crippen LogP contribution in [0.15, 0.2) is 48.5 Å². The van der Waals surface area contributed by atoms with Gasteiger partial charge in [-0.1, -0.05) is 38.1 Å². The zero-order chi connectivity index (χ0) is 19.6. The van der Waals surface area contributed by atoms with Gasteiger partial charge in [-0.2, -0.15) is 0 Å². The topological polar surface area (TPSA) is 76.7 Å². The van der Waals surface area contributed by atoms with Gasteiger partial charge < -0.3 is 9.47 Å². The van der Waals surface area contributed by atoms with Crippen LogP contribution < -0.4 is 20.3 Å². The van der Waals surface area contributed by atoms with E-state index in [-0.39, 0.29) is 18.9 Å². The second kappa shape index (κ2) is 10.2. The lowest BCUT2D eigenvalue weighted by molar-refractivity contribution is -0.129. The van der Waals surface area contributed by atoms with Crippen LogP contribution in [0.1, 0.15) is 37.3 Å². The number of rotatable bonds is 8. The SMILES string of the molecule is CCC(C)c1ccc(OCC(=O)NNC(=O)Cc2ccc(OC)cc2)cc1. The minimum Gasteiger partial charge on any atom is -0.497 e. The summed E-state index contributed by atoms with van der Waals surface area (Å²) in [7, 11) is 1.58. The Balaban J connectivity index is 1.71. The molecular formula is C21H26N2O4. The summed E-state index contributed by atoms with van der Waals surface area (Å²) >= 11 is 0. The summed E-state index contributed by atoms with van der Waals surface area (Å²) < 4.78 is 10.5. The van der Waals surface area contributed by atoms with Gasteiger partial charge in [-0.25, -0.2) is 0 Å². The number of ether oxygens (including phenoxy) is 2. The molecule has 0 fully saturated rings. The van der Waals surface area contributed by atoms with Crippen molar-refractivity contribution in [1.82, 2.24) is 10.9 Å². The molecule has 2 amide bonds. The quantitative estimate of drug-likeness (QED) is 0.701. The number of amides is 2. The second-order valence-electron chi connectivity index (χ2n) is 6.29. The van der Waals surface area contributed by atoms with Crippen molar-refractivity contribution >= 4 is 11.8 Å². The fourth-order valence-electron chi connectivity index (χ4n) is 2.43. The Morgan fingerprint density at radius 3 is 2.11 bits per heavy atom. The van der Waals surface area contributed by atoms with Crippen molar-refractivity contribution in [3.63, 3.8) is 0 Å². The van der Waals surface area contributed by atoms with Crippen LogP contribution in [0.3, 0.4) is 0 Å². The molecule has 6 heteroatoms. The van der Waals surface area contributed by atoms with Gasteiger partial charge in [0.25, 0.3) is 5.91 Å². The molecule has 0 aliphatic rings. The molecular weight excluding hydrogens is 344 g/mol. The molecule has 2 rings (SSSR count). The van der Waals surface area contributed by atoms with Crippen LogP contribution in [-0.2, 0) is 16.0 Å². The highest BCUT2D eigenvalue weighted by Crippen LogP contribution is 2.21. The number of benzene rings is 2. The van der Waals surface area contributed by atoms with E-state index < -0.39 is 5.91 Å². The van der Waals surface area contributed by atoms with Crippen LogP contribution in [0.5, 0.6) is 11.5 Å². The van der Waals surface area contributed by atoms with Crippen molar-refractivity contribution in [3.8, 4) is 11.5 Å². The van der Waals surface area contributed by atoms with Crippen LogP contribution in [0.4, 0.5) is 0 Å². The van der Waals surface area contributed by atoms with Crippen molar-refractivity contribution in [1.29, 1.82) is 0 Å². The lowest BCUT2D eigenvalue weighted by Gasteiger charge is -2.11. The predicted molar refractivity (Wildman–Crippen MR) is 104 cm³/mol. The molecule has 0 saturated heterocycles.